The molecule has 0 atom stereocenters. The van der Waals surface area contributed by atoms with E-state index in [9.17, 15) is 0 Å². The molecule has 0 saturated heterocycles. The number of para-hydroxylation sites is 1. The van der Waals surface area contributed by atoms with Gasteiger partial charge in [-0.1, -0.05) is 42.5 Å². The standard InChI is InChI=1S/C23H23N3O/c24-13-14-26(17-20-11-9-19(16-25)10-12-20)18-21-5-4-8-23(15-21)27-22-6-2-1-3-7-22/h1-12,15H,13-14,17-18,24H2. The Hall–Kier alpha value is -3.13. The third-order valence-electron chi connectivity index (χ3n) is 4.22. The Bertz CT molecular complexity index is 886. The summed E-state index contributed by atoms with van der Waals surface area (Å²) >= 11 is 0. The maximum absolute atomic E-state index is 8.93. The molecule has 3 aromatic carbocycles. The van der Waals surface area contributed by atoms with Gasteiger partial charge in [0.1, 0.15) is 11.5 Å². The summed E-state index contributed by atoms with van der Waals surface area (Å²) in [5, 5.41) is 8.93. The lowest BCUT2D eigenvalue weighted by Gasteiger charge is -2.22. The minimum absolute atomic E-state index is 0.594. The highest BCUT2D eigenvalue weighted by atomic mass is 16.5. The van der Waals surface area contributed by atoms with Crippen LogP contribution in [0.25, 0.3) is 0 Å². The Morgan fingerprint density at radius 2 is 1.52 bits per heavy atom. The second-order valence-electron chi connectivity index (χ2n) is 6.37. The van der Waals surface area contributed by atoms with E-state index in [1.165, 1.54) is 11.1 Å². The average molecular weight is 357 g/mol. The van der Waals surface area contributed by atoms with Gasteiger partial charge in [-0.25, -0.2) is 0 Å². The van der Waals surface area contributed by atoms with Crippen LogP contribution in [0.3, 0.4) is 0 Å². The summed E-state index contributed by atoms with van der Waals surface area (Å²) in [4.78, 5) is 2.29. The van der Waals surface area contributed by atoms with Gasteiger partial charge < -0.3 is 10.5 Å². The first-order chi connectivity index (χ1) is 13.3. The molecule has 0 amide bonds. The van der Waals surface area contributed by atoms with Gasteiger partial charge in [-0.15, -0.1) is 0 Å². The van der Waals surface area contributed by atoms with Crippen LogP contribution in [0.15, 0.2) is 78.9 Å². The Balaban J connectivity index is 1.68. The fourth-order valence-electron chi connectivity index (χ4n) is 2.93. The van der Waals surface area contributed by atoms with Gasteiger partial charge in [-0.3, -0.25) is 4.90 Å². The maximum Gasteiger partial charge on any atom is 0.127 e. The SMILES string of the molecule is N#Cc1ccc(CN(CCN)Cc2cccc(Oc3ccccc3)c2)cc1. The van der Waals surface area contributed by atoms with Crippen molar-refractivity contribution >= 4 is 0 Å². The topological polar surface area (TPSA) is 62.3 Å². The highest BCUT2D eigenvalue weighted by Gasteiger charge is 2.08. The van der Waals surface area contributed by atoms with E-state index in [0.29, 0.717) is 12.1 Å². The van der Waals surface area contributed by atoms with Crippen LogP contribution in [0.2, 0.25) is 0 Å². The Labute approximate surface area is 160 Å². The molecule has 0 aromatic heterocycles. The zero-order chi connectivity index (χ0) is 18.9. The third-order valence-corrected chi connectivity index (χ3v) is 4.22. The first kappa shape index (κ1) is 18.7. The first-order valence-electron chi connectivity index (χ1n) is 9.00. The number of benzene rings is 3. The summed E-state index contributed by atoms with van der Waals surface area (Å²) in [6.07, 6.45) is 0. The first-order valence-corrected chi connectivity index (χ1v) is 9.00. The normalized spacial score (nSPS) is 10.6. The van der Waals surface area contributed by atoms with E-state index < -0.39 is 0 Å². The lowest BCUT2D eigenvalue weighted by Crippen LogP contribution is -2.28. The minimum atomic E-state index is 0.594. The van der Waals surface area contributed by atoms with Crippen molar-refractivity contribution in [3.63, 3.8) is 0 Å². The van der Waals surface area contributed by atoms with E-state index >= 15 is 0 Å². The molecular formula is C23H23N3O. The van der Waals surface area contributed by atoms with Crippen molar-refractivity contribution in [2.45, 2.75) is 13.1 Å². The van der Waals surface area contributed by atoms with Crippen LogP contribution in [0, 0.1) is 11.3 Å². The quantitative estimate of drug-likeness (QED) is 0.652. The third kappa shape index (κ3) is 5.68. The van der Waals surface area contributed by atoms with Crippen LogP contribution < -0.4 is 10.5 Å². The molecule has 4 heteroatoms. The number of nitrogens with two attached hydrogens (primary N) is 1. The van der Waals surface area contributed by atoms with Crippen molar-refractivity contribution in [1.82, 2.24) is 4.90 Å². The molecule has 3 aromatic rings. The van der Waals surface area contributed by atoms with Gasteiger partial charge >= 0.3 is 0 Å². The summed E-state index contributed by atoms with van der Waals surface area (Å²) in [5.74, 6) is 1.65. The minimum Gasteiger partial charge on any atom is -0.457 e. The van der Waals surface area contributed by atoms with Crippen LogP contribution in [0.4, 0.5) is 0 Å². The molecule has 0 radical (unpaired) electrons. The van der Waals surface area contributed by atoms with E-state index in [2.05, 4.69) is 23.1 Å². The Kier molecular flexibility index (Phi) is 6.59. The van der Waals surface area contributed by atoms with E-state index in [0.717, 1.165) is 31.1 Å². The molecule has 136 valence electrons. The summed E-state index contributed by atoms with van der Waals surface area (Å²) in [6.45, 7) is 2.95. The predicted octanol–water partition coefficient (Wildman–Crippen LogP) is 4.31. The van der Waals surface area contributed by atoms with E-state index in [1.54, 1.807) is 0 Å². The van der Waals surface area contributed by atoms with Gasteiger partial charge in [0.05, 0.1) is 11.6 Å². The smallest absolute Gasteiger partial charge is 0.127 e. The summed E-state index contributed by atoms with van der Waals surface area (Å²) in [7, 11) is 0. The number of rotatable bonds is 8. The second-order valence-corrected chi connectivity index (χ2v) is 6.37. The van der Waals surface area contributed by atoms with Crippen molar-refractivity contribution in [2.75, 3.05) is 13.1 Å². The van der Waals surface area contributed by atoms with Gasteiger partial charge in [0, 0.05) is 26.2 Å². The molecular weight excluding hydrogens is 334 g/mol. The van der Waals surface area contributed by atoms with E-state index in [4.69, 9.17) is 15.7 Å². The molecule has 0 heterocycles. The van der Waals surface area contributed by atoms with Gasteiger partial charge in [-0.2, -0.15) is 5.26 Å². The van der Waals surface area contributed by atoms with Gasteiger partial charge in [0.15, 0.2) is 0 Å². The van der Waals surface area contributed by atoms with E-state index in [-0.39, 0.29) is 0 Å². The van der Waals surface area contributed by atoms with Crippen molar-refractivity contribution in [3.05, 3.63) is 95.6 Å². The van der Waals surface area contributed by atoms with Crippen LogP contribution in [-0.4, -0.2) is 18.0 Å². The molecule has 0 bridgehead atoms. The number of nitrogens with zero attached hydrogens (tertiary/aromatic N) is 2. The lowest BCUT2D eigenvalue weighted by molar-refractivity contribution is 0.264. The van der Waals surface area contributed by atoms with Crippen LogP contribution in [0.5, 0.6) is 11.5 Å². The molecule has 3 rings (SSSR count). The summed E-state index contributed by atoms with van der Waals surface area (Å²) < 4.78 is 5.93. The average Bonchev–Trinajstić information content (AvgIpc) is 2.70. The van der Waals surface area contributed by atoms with Gasteiger partial charge in [-0.05, 0) is 47.5 Å². The van der Waals surface area contributed by atoms with Gasteiger partial charge in [0.25, 0.3) is 0 Å². The van der Waals surface area contributed by atoms with Crippen molar-refractivity contribution in [2.24, 2.45) is 5.73 Å². The monoisotopic (exact) mass is 357 g/mol. The fraction of sp³-hybridized carbons (Fsp3) is 0.174. The fourth-order valence-corrected chi connectivity index (χ4v) is 2.93. The molecule has 2 N–H and O–H groups in total. The van der Waals surface area contributed by atoms with Crippen LogP contribution in [0.1, 0.15) is 16.7 Å². The number of hydrogen-bond acceptors (Lipinski definition) is 4. The zero-order valence-corrected chi connectivity index (χ0v) is 15.2. The largest absolute Gasteiger partial charge is 0.457 e. The molecule has 0 aliphatic rings. The highest BCUT2D eigenvalue weighted by Crippen LogP contribution is 2.22. The molecule has 0 fully saturated rings. The maximum atomic E-state index is 8.93. The van der Waals surface area contributed by atoms with Gasteiger partial charge in [0.2, 0.25) is 0 Å². The Morgan fingerprint density at radius 3 is 2.22 bits per heavy atom. The van der Waals surface area contributed by atoms with Crippen molar-refractivity contribution in [1.29, 1.82) is 5.26 Å². The molecule has 27 heavy (non-hydrogen) atoms. The highest BCUT2D eigenvalue weighted by molar-refractivity contribution is 5.34. The molecule has 0 saturated carbocycles. The molecule has 0 unspecified atom stereocenters. The Morgan fingerprint density at radius 1 is 0.815 bits per heavy atom. The number of ether oxygens (including phenoxy) is 1. The molecule has 0 spiro atoms. The summed E-state index contributed by atoms with van der Waals surface area (Å²) in [5.41, 5.74) is 8.82. The zero-order valence-electron chi connectivity index (χ0n) is 15.2. The predicted molar refractivity (Wildman–Crippen MR) is 107 cm³/mol. The van der Waals surface area contributed by atoms with Crippen LogP contribution in [-0.2, 0) is 13.1 Å². The lowest BCUT2D eigenvalue weighted by atomic mass is 10.1. The summed E-state index contributed by atoms with van der Waals surface area (Å²) in [6, 6.07) is 27.8. The van der Waals surface area contributed by atoms with Crippen molar-refractivity contribution in [3.8, 4) is 17.6 Å². The molecule has 0 aliphatic carbocycles. The molecule has 0 aliphatic heterocycles. The van der Waals surface area contributed by atoms with Crippen LogP contribution >= 0.6 is 0 Å². The van der Waals surface area contributed by atoms with Crippen molar-refractivity contribution < 1.29 is 4.74 Å². The number of hydrogen-bond donors (Lipinski definition) is 1. The number of nitriles is 1. The van der Waals surface area contributed by atoms with E-state index in [1.807, 2.05) is 66.7 Å². The second kappa shape index (κ2) is 9.54. The molecule has 4 nitrogen and oxygen atoms in total.